The number of nitrogens with one attached hydrogen (secondary N) is 1. The fourth-order valence-electron chi connectivity index (χ4n) is 3.03. The van der Waals surface area contributed by atoms with Gasteiger partial charge in [-0.05, 0) is 45.1 Å². The zero-order valence-electron chi connectivity index (χ0n) is 10.8. The predicted octanol–water partition coefficient (Wildman–Crippen LogP) is -0.733. The molecule has 0 aromatic heterocycles. The van der Waals surface area contributed by atoms with Crippen molar-refractivity contribution in [3.63, 3.8) is 0 Å². The van der Waals surface area contributed by atoms with Crippen LogP contribution in [0.5, 0.6) is 0 Å². The molecule has 1 fully saturated rings. The summed E-state index contributed by atoms with van der Waals surface area (Å²) in [6, 6.07) is 0. The van der Waals surface area contributed by atoms with E-state index in [1.165, 1.54) is 0 Å². The summed E-state index contributed by atoms with van der Waals surface area (Å²) in [5, 5.41) is 30.2. The van der Waals surface area contributed by atoms with E-state index in [4.69, 9.17) is 15.8 Å². The quantitative estimate of drug-likeness (QED) is 0.401. The number of hydrogen-bond donors (Lipinski definition) is 5. The van der Waals surface area contributed by atoms with Crippen molar-refractivity contribution < 1.29 is 19.9 Å². The smallest absolute Gasteiger partial charge is 0.451 e. The van der Waals surface area contributed by atoms with Crippen LogP contribution in [0.25, 0.3) is 0 Å². The first kappa shape index (κ1) is 15.4. The molecule has 1 rings (SSSR count). The lowest BCUT2D eigenvalue weighted by Gasteiger charge is -2.43. The van der Waals surface area contributed by atoms with Gasteiger partial charge < -0.3 is 26.2 Å². The van der Waals surface area contributed by atoms with Gasteiger partial charge in [0.05, 0.1) is 0 Å². The first-order chi connectivity index (χ1) is 8.46. The highest BCUT2D eigenvalue weighted by atomic mass is 16.4. The third-order valence-corrected chi connectivity index (χ3v) is 4.18. The van der Waals surface area contributed by atoms with E-state index in [0.717, 1.165) is 12.8 Å². The van der Waals surface area contributed by atoms with Gasteiger partial charge in [-0.3, -0.25) is 4.79 Å². The molecule has 0 aromatic rings. The molecule has 3 atom stereocenters. The molecule has 6 nitrogen and oxygen atoms in total. The van der Waals surface area contributed by atoms with E-state index in [1.54, 1.807) is 7.05 Å². The Kier molecular flexibility index (Phi) is 5.59. The topological polar surface area (TPSA) is 116 Å². The van der Waals surface area contributed by atoms with Crippen LogP contribution in [0.2, 0.25) is 6.32 Å². The van der Waals surface area contributed by atoms with E-state index in [-0.39, 0.29) is 18.2 Å². The molecule has 0 amide bonds. The minimum atomic E-state index is -1.31. The zero-order valence-corrected chi connectivity index (χ0v) is 10.8. The monoisotopic (exact) mass is 258 g/mol. The van der Waals surface area contributed by atoms with Crippen molar-refractivity contribution in [1.29, 1.82) is 0 Å². The average molecular weight is 258 g/mol. The second kappa shape index (κ2) is 6.52. The molecule has 6 N–H and O–H groups in total. The SMILES string of the molecule is CNC1(C(=O)O)CC(CCB(O)O)CCC1CN. The molecule has 104 valence electrons. The Morgan fingerprint density at radius 3 is 2.61 bits per heavy atom. The van der Waals surface area contributed by atoms with Crippen molar-refractivity contribution in [3.05, 3.63) is 0 Å². The van der Waals surface area contributed by atoms with E-state index in [0.29, 0.717) is 19.4 Å². The van der Waals surface area contributed by atoms with Gasteiger partial charge in [-0.1, -0.05) is 6.42 Å². The van der Waals surface area contributed by atoms with Crippen molar-refractivity contribution in [2.75, 3.05) is 13.6 Å². The summed E-state index contributed by atoms with van der Waals surface area (Å²) in [6.07, 6.45) is 3.07. The van der Waals surface area contributed by atoms with Crippen molar-refractivity contribution >= 4 is 13.1 Å². The van der Waals surface area contributed by atoms with Crippen LogP contribution in [0, 0.1) is 11.8 Å². The van der Waals surface area contributed by atoms with Crippen molar-refractivity contribution in [2.45, 2.75) is 37.5 Å². The van der Waals surface area contributed by atoms with E-state index in [1.807, 2.05) is 0 Å². The van der Waals surface area contributed by atoms with E-state index in [2.05, 4.69) is 5.32 Å². The van der Waals surface area contributed by atoms with Crippen LogP contribution < -0.4 is 11.1 Å². The Morgan fingerprint density at radius 1 is 1.50 bits per heavy atom. The summed E-state index contributed by atoms with van der Waals surface area (Å²) in [5.41, 5.74) is 4.70. The summed E-state index contributed by atoms with van der Waals surface area (Å²) in [7, 11) is 0.339. The molecule has 0 bridgehead atoms. The highest BCUT2D eigenvalue weighted by Crippen LogP contribution is 2.39. The predicted molar refractivity (Wildman–Crippen MR) is 68.9 cm³/mol. The van der Waals surface area contributed by atoms with Gasteiger partial charge >= 0.3 is 13.1 Å². The molecule has 0 saturated heterocycles. The molecule has 0 spiro atoms. The van der Waals surface area contributed by atoms with Crippen LogP contribution in [0.1, 0.15) is 25.7 Å². The minimum Gasteiger partial charge on any atom is -0.480 e. The molecule has 0 aliphatic heterocycles. The van der Waals surface area contributed by atoms with Gasteiger partial charge in [-0.15, -0.1) is 0 Å². The lowest BCUT2D eigenvalue weighted by Crippen LogP contribution is -2.60. The van der Waals surface area contributed by atoms with Crippen LogP contribution in [0.15, 0.2) is 0 Å². The Balaban J connectivity index is 2.74. The summed E-state index contributed by atoms with van der Waals surface area (Å²) < 4.78 is 0. The van der Waals surface area contributed by atoms with Gasteiger partial charge in [-0.25, -0.2) is 0 Å². The minimum absolute atomic E-state index is 0.0738. The molecule has 7 heteroatoms. The number of carbonyl (C=O) groups is 1. The number of nitrogens with two attached hydrogens (primary N) is 1. The number of carboxylic acids is 1. The second-order valence-corrected chi connectivity index (χ2v) is 5.16. The van der Waals surface area contributed by atoms with E-state index < -0.39 is 18.6 Å². The summed E-state index contributed by atoms with van der Waals surface area (Å²) in [4.78, 5) is 11.5. The fraction of sp³-hybridized carbons (Fsp3) is 0.909. The Hall–Kier alpha value is -0.625. The molecular weight excluding hydrogens is 235 g/mol. The normalized spacial score (nSPS) is 32.2. The van der Waals surface area contributed by atoms with E-state index >= 15 is 0 Å². The number of rotatable bonds is 6. The summed E-state index contributed by atoms with van der Waals surface area (Å²) in [5.74, 6) is -0.747. The standard InChI is InChI=1S/C11H23BN2O4/c1-14-11(10(15)16)6-8(4-5-12(17)18)2-3-9(11)7-13/h8-9,14,17-18H,2-7,13H2,1H3,(H,15,16). The van der Waals surface area contributed by atoms with Gasteiger partial charge in [0, 0.05) is 5.92 Å². The van der Waals surface area contributed by atoms with Gasteiger partial charge in [0.15, 0.2) is 0 Å². The molecule has 0 heterocycles. The maximum absolute atomic E-state index is 11.5. The van der Waals surface area contributed by atoms with Crippen molar-refractivity contribution in [1.82, 2.24) is 5.32 Å². The number of likely N-dealkylation sites (N-methyl/N-ethyl adjacent to an activating group) is 1. The van der Waals surface area contributed by atoms with Crippen LogP contribution >= 0.6 is 0 Å². The molecule has 0 radical (unpaired) electrons. The lowest BCUT2D eigenvalue weighted by molar-refractivity contribution is -0.150. The molecule has 18 heavy (non-hydrogen) atoms. The van der Waals surface area contributed by atoms with Crippen LogP contribution in [-0.2, 0) is 4.79 Å². The highest BCUT2D eigenvalue weighted by Gasteiger charge is 2.48. The lowest BCUT2D eigenvalue weighted by atomic mass is 9.66. The number of carboxylic acid groups (broad SMARTS) is 1. The highest BCUT2D eigenvalue weighted by molar-refractivity contribution is 6.40. The molecule has 0 aromatic carbocycles. The molecule has 3 unspecified atom stereocenters. The van der Waals surface area contributed by atoms with Crippen LogP contribution in [-0.4, -0.2) is 47.4 Å². The zero-order chi connectivity index (χ0) is 13.8. The summed E-state index contributed by atoms with van der Waals surface area (Å²) >= 11 is 0. The first-order valence-corrected chi connectivity index (χ1v) is 6.44. The van der Waals surface area contributed by atoms with Gasteiger partial charge in [0.1, 0.15) is 5.54 Å². The Bertz CT molecular complexity index is 290. The Morgan fingerprint density at radius 2 is 2.17 bits per heavy atom. The van der Waals surface area contributed by atoms with Crippen LogP contribution in [0.4, 0.5) is 0 Å². The van der Waals surface area contributed by atoms with E-state index in [9.17, 15) is 9.90 Å². The average Bonchev–Trinajstić information content (AvgIpc) is 2.35. The fourth-order valence-corrected chi connectivity index (χ4v) is 3.03. The van der Waals surface area contributed by atoms with Gasteiger partial charge in [-0.2, -0.15) is 0 Å². The second-order valence-electron chi connectivity index (χ2n) is 5.16. The largest absolute Gasteiger partial charge is 0.480 e. The maximum atomic E-state index is 11.5. The molecule has 1 saturated carbocycles. The third kappa shape index (κ3) is 3.23. The summed E-state index contributed by atoms with van der Waals surface area (Å²) in [6.45, 7) is 0.350. The third-order valence-electron chi connectivity index (χ3n) is 4.18. The number of aliphatic carboxylic acids is 1. The first-order valence-electron chi connectivity index (χ1n) is 6.44. The van der Waals surface area contributed by atoms with Gasteiger partial charge in [0.2, 0.25) is 0 Å². The molecule has 1 aliphatic rings. The van der Waals surface area contributed by atoms with Crippen molar-refractivity contribution in [2.24, 2.45) is 17.6 Å². The van der Waals surface area contributed by atoms with Crippen LogP contribution in [0.3, 0.4) is 0 Å². The maximum Gasteiger partial charge on any atom is 0.451 e. The Labute approximate surface area is 108 Å². The van der Waals surface area contributed by atoms with Crippen molar-refractivity contribution in [3.8, 4) is 0 Å². The molecule has 1 aliphatic carbocycles. The number of hydrogen-bond acceptors (Lipinski definition) is 5. The van der Waals surface area contributed by atoms with Gasteiger partial charge in [0.25, 0.3) is 0 Å². The molecular formula is C11H23BN2O4.